The van der Waals surface area contributed by atoms with E-state index in [4.69, 9.17) is 10.5 Å². The van der Waals surface area contributed by atoms with E-state index in [1.165, 1.54) is 6.20 Å². The van der Waals surface area contributed by atoms with E-state index in [1.54, 1.807) is 6.08 Å². The van der Waals surface area contributed by atoms with Crippen LogP contribution in [0.25, 0.3) is 6.08 Å². The number of rotatable bonds is 6. The van der Waals surface area contributed by atoms with E-state index in [0.717, 1.165) is 54.3 Å². The molecule has 9 heteroatoms. The number of ether oxygens (including phenoxy) is 1. The summed E-state index contributed by atoms with van der Waals surface area (Å²) in [6, 6.07) is 3.88. The van der Waals surface area contributed by atoms with Gasteiger partial charge in [-0.2, -0.15) is 5.26 Å². The van der Waals surface area contributed by atoms with E-state index in [9.17, 15) is 14.9 Å². The number of nitrogens with zero attached hydrogens (tertiary/aromatic N) is 3. The third-order valence-corrected chi connectivity index (χ3v) is 5.58. The van der Waals surface area contributed by atoms with Gasteiger partial charge in [-0.3, -0.25) is 14.9 Å². The molecule has 1 fully saturated rings. The van der Waals surface area contributed by atoms with Gasteiger partial charge in [-0.05, 0) is 44.4 Å². The number of nitrogens with one attached hydrogen (secondary N) is 1. The molecular weight excluding hydrogens is 378 g/mol. The molecule has 0 aromatic carbocycles. The van der Waals surface area contributed by atoms with Crippen LogP contribution in [0.2, 0.25) is 0 Å². The van der Waals surface area contributed by atoms with Crippen molar-refractivity contribution >= 4 is 34.4 Å². The van der Waals surface area contributed by atoms with Crippen LogP contribution in [-0.4, -0.2) is 34.1 Å². The van der Waals surface area contributed by atoms with E-state index in [1.807, 2.05) is 26.0 Å². The second kappa shape index (κ2) is 8.37. The van der Waals surface area contributed by atoms with Crippen LogP contribution in [0.1, 0.15) is 39.5 Å². The van der Waals surface area contributed by atoms with Gasteiger partial charge in [0.05, 0.1) is 12.3 Å². The third-order valence-electron chi connectivity index (χ3n) is 4.66. The van der Waals surface area contributed by atoms with Crippen molar-refractivity contribution in [3.05, 3.63) is 39.7 Å². The Bertz CT molecular complexity index is 976. The third kappa shape index (κ3) is 4.30. The fourth-order valence-electron chi connectivity index (χ4n) is 3.16. The predicted molar refractivity (Wildman–Crippen MR) is 106 cm³/mol. The number of amides is 2. The molecule has 2 aromatic heterocycles. The summed E-state index contributed by atoms with van der Waals surface area (Å²) in [4.78, 5) is 27.7. The zero-order chi connectivity index (χ0) is 20.3. The molecule has 1 unspecified atom stereocenters. The van der Waals surface area contributed by atoms with Crippen LogP contribution < -0.4 is 11.1 Å². The molecule has 28 heavy (non-hydrogen) atoms. The van der Waals surface area contributed by atoms with Crippen molar-refractivity contribution < 1.29 is 14.3 Å². The lowest BCUT2D eigenvalue weighted by molar-refractivity contribution is -0.112. The summed E-state index contributed by atoms with van der Waals surface area (Å²) >= 11 is 0.959. The van der Waals surface area contributed by atoms with Gasteiger partial charge < -0.3 is 15.0 Å². The zero-order valence-corrected chi connectivity index (χ0v) is 16.5. The van der Waals surface area contributed by atoms with Gasteiger partial charge in [0.1, 0.15) is 16.5 Å². The number of aryl methyl sites for hydroxylation is 1. The average molecular weight is 399 g/mol. The smallest absolute Gasteiger partial charge is 0.268 e. The Labute approximate surface area is 166 Å². The largest absolute Gasteiger partial charge is 0.376 e. The van der Waals surface area contributed by atoms with Gasteiger partial charge in [0.25, 0.3) is 11.8 Å². The molecule has 1 saturated heterocycles. The molecule has 3 rings (SSSR count). The first-order valence-electron chi connectivity index (χ1n) is 8.86. The number of nitriles is 1. The summed E-state index contributed by atoms with van der Waals surface area (Å²) in [7, 11) is 0. The van der Waals surface area contributed by atoms with Crippen molar-refractivity contribution in [1.29, 1.82) is 5.26 Å². The number of thiazole rings is 1. The molecule has 1 atom stereocenters. The summed E-state index contributed by atoms with van der Waals surface area (Å²) in [6.45, 7) is 5.51. The first kappa shape index (κ1) is 19.8. The van der Waals surface area contributed by atoms with Crippen LogP contribution in [0, 0.1) is 25.2 Å². The minimum absolute atomic E-state index is 0.0480. The Morgan fingerprint density at radius 2 is 2.32 bits per heavy atom. The second-order valence-electron chi connectivity index (χ2n) is 6.59. The Morgan fingerprint density at radius 1 is 1.54 bits per heavy atom. The van der Waals surface area contributed by atoms with Crippen LogP contribution in [-0.2, 0) is 16.1 Å². The molecule has 146 valence electrons. The van der Waals surface area contributed by atoms with E-state index >= 15 is 0 Å². The van der Waals surface area contributed by atoms with Crippen molar-refractivity contribution in [2.24, 2.45) is 5.73 Å². The molecule has 2 aromatic rings. The van der Waals surface area contributed by atoms with Gasteiger partial charge in [0.15, 0.2) is 5.13 Å². The maximum absolute atomic E-state index is 12.4. The normalized spacial score (nSPS) is 16.8. The molecule has 0 aliphatic carbocycles. The Morgan fingerprint density at radius 3 is 2.93 bits per heavy atom. The second-order valence-corrected chi connectivity index (χ2v) is 7.62. The minimum Gasteiger partial charge on any atom is -0.376 e. The van der Waals surface area contributed by atoms with Gasteiger partial charge in [-0.25, -0.2) is 4.98 Å². The van der Waals surface area contributed by atoms with Crippen molar-refractivity contribution in [3.63, 3.8) is 0 Å². The maximum atomic E-state index is 12.4. The molecular formula is C19H21N5O3S. The quantitative estimate of drug-likeness (QED) is 0.570. The predicted octanol–water partition coefficient (Wildman–Crippen LogP) is 2.39. The highest BCUT2D eigenvalue weighted by atomic mass is 32.1. The molecule has 1 aliphatic rings. The van der Waals surface area contributed by atoms with E-state index in [2.05, 4.69) is 14.9 Å². The molecule has 0 spiro atoms. The molecule has 2 amide bonds. The number of hydrogen-bond acceptors (Lipinski definition) is 6. The van der Waals surface area contributed by atoms with Crippen LogP contribution in [0.4, 0.5) is 5.13 Å². The summed E-state index contributed by atoms with van der Waals surface area (Å²) in [5.74, 6) is -1.20. The Hall–Kier alpha value is -2.96. The van der Waals surface area contributed by atoms with Crippen molar-refractivity contribution in [3.8, 4) is 6.07 Å². The molecule has 3 N–H and O–H groups in total. The molecule has 1 aliphatic heterocycles. The fraction of sp³-hybridized carbons (Fsp3) is 0.368. The summed E-state index contributed by atoms with van der Waals surface area (Å²) in [6.07, 6.45) is 5.16. The van der Waals surface area contributed by atoms with Crippen molar-refractivity contribution in [2.75, 3.05) is 11.9 Å². The van der Waals surface area contributed by atoms with E-state index < -0.39 is 11.8 Å². The maximum Gasteiger partial charge on any atom is 0.268 e. The lowest BCUT2D eigenvalue weighted by atomic mass is 10.1. The summed E-state index contributed by atoms with van der Waals surface area (Å²) in [5.41, 5.74) is 7.95. The van der Waals surface area contributed by atoms with Gasteiger partial charge in [-0.15, -0.1) is 0 Å². The van der Waals surface area contributed by atoms with Gasteiger partial charge >= 0.3 is 0 Å². The molecule has 0 radical (unpaired) electrons. The number of hydrogen-bond donors (Lipinski definition) is 2. The topological polar surface area (TPSA) is 123 Å². The lowest BCUT2D eigenvalue weighted by Gasteiger charge is -2.14. The monoisotopic (exact) mass is 399 g/mol. The SMILES string of the molecule is Cc1cc(/C=C(\C#N)C(=O)Nc2ncc(C(N)=O)s2)c(C)n1CC1CCCO1. The first-order chi connectivity index (χ1) is 13.4. The fourth-order valence-corrected chi connectivity index (χ4v) is 3.82. The van der Waals surface area contributed by atoms with Crippen LogP contribution in [0.3, 0.4) is 0 Å². The zero-order valence-electron chi connectivity index (χ0n) is 15.7. The van der Waals surface area contributed by atoms with E-state index in [-0.39, 0.29) is 21.7 Å². The highest BCUT2D eigenvalue weighted by molar-refractivity contribution is 7.17. The summed E-state index contributed by atoms with van der Waals surface area (Å²) < 4.78 is 7.86. The standard InChI is InChI=1S/C19H21N5O3S/c1-11-6-13(12(2)24(11)10-15-4-3-5-27-15)7-14(8-20)18(26)23-19-22-9-16(28-19)17(21)25/h6-7,9,15H,3-5,10H2,1-2H3,(H2,21,25)(H,22,23,26)/b14-7+. The lowest BCUT2D eigenvalue weighted by Crippen LogP contribution is -2.17. The Balaban J connectivity index is 1.78. The minimum atomic E-state index is -0.618. The first-order valence-corrected chi connectivity index (χ1v) is 9.67. The highest BCUT2D eigenvalue weighted by Crippen LogP contribution is 2.23. The molecule has 3 heterocycles. The average Bonchev–Trinajstić information content (AvgIpc) is 3.38. The highest BCUT2D eigenvalue weighted by Gasteiger charge is 2.19. The van der Waals surface area contributed by atoms with Crippen molar-refractivity contribution in [2.45, 2.75) is 39.3 Å². The van der Waals surface area contributed by atoms with Crippen molar-refractivity contribution in [1.82, 2.24) is 9.55 Å². The number of primary amides is 1. The number of nitrogens with two attached hydrogens (primary N) is 1. The van der Waals surface area contributed by atoms with Crippen LogP contribution >= 0.6 is 11.3 Å². The molecule has 8 nitrogen and oxygen atoms in total. The molecule has 0 bridgehead atoms. The van der Waals surface area contributed by atoms with Gasteiger partial charge in [-0.1, -0.05) is 11.3 Å². The number of carbonyl (C=O) groups excluding carboxylic acids is 2. The molecule has 0 saturated carbocycles. The van der Waals surface area contributed by atoms with Crippen LogP contribution in [0.5, 0.6) is 0 Å². The van der Waals surface area contributed by atoms with Crippen LogP contribution in [0.15, 0.2) is 17.8 Å². The number of anilines is 1. The van der Waals surface area contributed by atoms with E-state index in [0.29, 0.717) is 0 Å². The number of carbonyl (C=O) groups is 2. The van der Waals surface area contributed by atoms with Gasteiger partial charge in [0.2, 0.25) is 0 Å². The van der Waals surface area contributed by atoms with Gasteiger partial charge in [0, 0.05) is 24.5 Å². The Kier molecular flexibility index (Phi) is 5.92. The summed E-state index contributed by atoms with van der Waals surface area (Å²) in [5, 5.41) is 12.2. The number of aromatic nitrogens is 2.